The summed E-state index contributed by atoms with van der Waals surface area (Å²) in [7, 11) is 1.63. The number of aryl methyl sites for hydroxylation is 2. The van der Waals surface area contributed by atoms with Gasteiger partial charge in [0.05, 0.1) is 18.5 Å². The molecule has 0 aliphatic heterocycles. The van der Waals surface area contributed by atoms with Crippen molar-refractivity contribution in [3.05, 3.63) is 41.2 Å². The van der Waals surface area contributed by atoms with Gasteiger partial charge in [-0.15, -0.1) is 0 Å². The number of nitrogens with two attached hydrogens (primary N) is 1. The Bertz CT molecular complexity index is 606. The Morgan fingerprint density at radius 1 is 1.29 bits per heavy atom. The Kier molecular flexibility index (Phi) is 4.85. The Balaban J connectivity index is 2.15. The van der Waals surface area contributed by atoms with Gasteiger partial charge in [0.15, 0.2) is 11.5 Å². The molecule has 1 atom stereocenters. The number of nitrogens with zero attached hydrogens (tertiary/aromatic N) is 2. The first-order valence-corrected chi connectivity index (χ1v) is 7.14. The minimum atomic E-state index is -0.0304. The molecule has 1 aromatic carbocycles. The Labute approximate surface area is 125 Å². The van der Waals surface area contributed by atoms with E-state index in [1.165, 1.54) is 0 Å². The zero-order valence-electron chi connectivity index (χ0n) is 13.1. The number of hydrogen-bond acceptors (Lipinski definition) is 4. The van der Waals surface area contributed by atoms with Crippen LogP contribution in [0.25, 0.3) is 0 Å². The number of benzene rings is 1. The maximum atomic E-state index is 5.89. The van der Waals surface area contributed by atoms with Gasteiger partial charge in [0, 0.05) is 12.6 Å². The van der Waals surface area contributed by atoms with Crippen LogP contribution >= 0.6 is 0 Å². The Morgan fingerprint density at radius 3 is 2.67 bits per heavy atom. The largest absolute Gasteiger partial charge is 0.493 e. The van der Waals surface area contributed by atoms with Gasteiger partial charge in [0.25, 0.3) is 0 Å². The third-order valence-electron chi connectivity index (χ3n) is 3.37. The molecule has 2 N–H and O–H groups in total. The van der Waals surface area contributed by atoms with Gasteiger partial charge in [-0.1, -0.05) is 6.07 Å². The second kappa shape index (κ2) is 6.63. The fraction of sp³-hybridized carbons (Fsp3) is 0.438. The van der Waals surface area contributed by atoms with Crippen LogP contribution in [0.1, 0.15) is 36.8 Å². The van der Waals surface area contributed by atoms with Crippen molar-refractivity contribution in [2.24, 2.45) is 5.73 Å². The van der Waals surface area contributed by atoms with Crippen molar-refractivity contribution in [1.82, 2.24) is 9.78 Å². The zero-order valence-corrected chi connectivity index (χ0v) is 13.1. The summed E-state index contributed by atoms with van der Waals surface area (Å²) >= 11 is 0. The summed E-state index contributed by atoms with van der Waals surface area (Å²) < 4.78 is 13.2. The number of aromatic nitrogens is 2. The molecule has 2 aromatic rings. The maximum absolute atomic E-state index is 5.89. The molecular weight excluding hydrogens is 266 g/mol. The summed E-state index contributed by atoms with van der Waals surface area (Å²) in [4.78, 5) is 0. The molecule has 0 saturated carbocycles. The van der Waals surface area contributed by atoms with Crippen molar-refractivity contribution >= 4 is 0 Å². The van der Waals surface area contributed by atoms with E-state index in [4.69, 9.17) is 15.2 Å². The number of rotatable bonds is 6. The lowest BCUT2D eigenvalue weighted by Crippen LogP contribution is -2.08. The second-order valence-corrected chi connectivity index (χ2v) is 5.08. The van der Waals surface area contributed by atoms with Gasteiger partial charge in [0.2, 0.25) is 0 Å². The Morgan fingerprint density at radius 2 is 2.05 bits per heavy atom. The summed E-state index contributed by atoms with van der Waals surface area (Å²) in [5, 5.41) is 4.41. The normalized spacial score (nSPS) is 12.2. The average Bonchev–Trinajstić information content (AvgIpc) is 2.84. The first-order chi connectivity index (χ1) is 10.0. The third kappa shape index (κ3) is 3.55. The number of ether oxygens (including phenoxy) is 2. The highest BCUT2D eigenvalue weighted by atomic mass is 16.5. The fourth-order valence-electron chi connectivity index (χ4n) is 2.23. The molecule has 0 bridgehead atoms. The molecular formula is C16H23N3O2. The standard InChI is InChI=1S/C16H23N3O2/c1-5-19-14(8-11(2)18-19)10-21-15-7-6-13(12(3)17)9-16(15)20-4/h6-9,12H,5,10,17H2,1-4H3/t12-/m0/s1. The van der Waals surface area contributed by atoms with E-state index < -0.39 is 0 Å². The second-order valence-electron chi connectivity index (χ2n) is 5.08. The van der Waals surface area contributed by atoms with Crippen LogP contribution in [0, 0.1) is 6.92 Å². The van der Waals surface area contributed by atoms with Gasteiger partial charge < -0.3 is 15.2 Å². The molecule has 1 heterocycles. The van der Waals surface area contributed by atoms with E-state index in [0.717, 1.165) is 23.5 Å². The fourth-order valence-corrected chi connectivity index (χ4v) is 2.23. The van der Waals surface area contributed by atoms with E-state index in [2.05, 4.69) is 12.0 Å². The van der Waals surface area contributed by atoms with Crippen LogP contribution in [0.4, 0.5) is 0 Å². The molecule has 5 nitrogen and oxygen atoms in total. The average molecular weight is 289 g/mol. The van der Waals surface area contributed by atoms with E-state index in [9.17, 15) is 0 Å². The van der Waals surface area contributed by atoms with Gasteiger partial charge in [0.1, 0.15) is 6.61 Å². The molecule has 0 radical (unpaired) electrons. The summed E-state index contributed by atoms with van der Waals surface area (Å²) in [6.45, 7) is 7.27. The van der Waals surface area contributed by atoms with Crippen molar-refractivity contribution in [3.8, 4) is 11.5 Å². The highest BCUT2D eigenvalue weighted by molar-refractivity contribution is 5.43. The molecule has 21 heavy (non-hydrogen) atoms. The predicted octanol–water partition coefficient (Wildman–Crippen LogP) is 2.82. The smallest absolute Gasteiger partial charge is 0.161 e. The van der Waals surface area contributed by atoms with Crippen LogP contribution < -0.4 is 15.2 Å². The first kappa shape index (κ1) is 15.4. The molecule has 0 amide bonds. The molecule has 0 aliphatic carbocycles. The summed E-state index contributed by atoms with van der Waals surface area (Å²) in [6, 6.07) is 7.79. The molecule has 114 valence electrons. The third-order valence-corrected chi connectivity index (χ3v) is 3.37. The monoisotopic (exact) mass is 289 g/mol. The van der Waals surface area contributed by atoms with Gasteiger partial charge >= 0.3 is 0 Å². The minimum Gasteiger partial charge on any atom is -0.493 e. The predicted molar refractivity (Wildman–Crippen MR) is 82.6 cm³/mol. The highest BCUT2D eigenvalue weighted by Gasteiger charge is 2.10. The topological polar surface area (TPSA) is 62.3 Å². The lowest BCUT2D eigenvalue weighted by Gasteiger charge is -2.14. The van der Waals surface area contributed by atoms with Crippen LogP contribution in [0.2, 0.25) is 0 Å². The van der Waals surface area contributed by atoms with E-state index in [0.29, 0.717) is 18.1 Å². The Hall–Kier alpha value is -2.01. The summed E-state index contributed by atoms with van der Waals surface area (Å²) in [5.41, 5.74) is 8.95. The van der Waals surface area contributed by atoms with Crippen LogP contribution in [0.5, 0.6) is 11.5 Å². The van der Waals surface area contributed by atoms with Gasteiger partial charge in [-0.05, 0) is 44.5 Å². The highest BCUT2D eigenvalue weighted by Crippen LogP contribution is 2.30. The molecule has 0 fully saturated rings. The summed E-state index contributed by atoms with van der Waals surface area (Å²) in [6.07, 6.45) is 0. The first-order valence-electron chi connectivity index (χ1n) is 7.14. The lowest BCUT2D eigenvalue weighted by atomic mass is 10.1. The van der Waals surface area contributed by atoms with Crippen molar-refractivity contribution in [3.63, 3.8) is 0 Å². The molecule has 0 unspecified atom stereocenters. The van der Waals surface area contributed by atoms with Gasteiger partial charge in [-0.2, -0.15) is 5.10 Å². The van der Waals surface area contributed by atoms with Crippen molar-refractivity contribution < 1.29 is 9.47 Å². The van der Waals surface area contributed by atoms with E-state index in [1.807, 2.05) is 42.8 Å². The molecule has 2 rings (SSSR count). The maximum Gasteiger partial charge on any atom is 0.161 e. The molecule has 0 spiro atoms. The molecule has 0 saturated heterocycles. The van der Waals surface area contributed by atoms with Crippen LogP contribution in [0.15, 0.2) is 24.3 Å². The van der Waals surface area contributed by atoms with Crippen LogP contribution in [-0.2, 0) is 13.2 Å². The number of hydrogen-bond donors (Lipinski definition) is 1. The molecule has 0 aliphatic rings. The van der Waals surface area contributed by atoms with Gasteiger partial charge in [-0.25, -0.2) is 0 Å². The van der Waals surface area contributed by atoms with Crippen molar-refractivity contribution in [2.45, 2.75) is 40.0 Å². The molecule has 5 heteroatoms. The quantitative estimate of drug-likeness (QED) is 0.888. The number of methoxy groups -OCH3 is 1. The van der Waals surface area contributed by atoms with Crippen LogP contribution in [-0.4, -0.2) is 16.9 Å². The summed E-state index contributed by atoms with van der Waals surface area (Å²) in [5.74, 6) is 1.41. The molecule has 1 aromatic heterocycles. The van der Waals surface area contributed by atoms with Crippen LogP contribution in [0.3, 0.4) is 0 Å². The van der Waals surface area contributed by atoms with E-state index in [1.54, 1.807) is 7.11 Å². The van der Waals surface area contributed by atoms with E-state index >= 15 is 0 Å². The lowest BCUT2D eigenvalue weighted by molar-refractivity contribution is 0.273. The zero-order chi connectivity index (χ0) is 15.4. The van der Waals surface area contributed by atoms with E-state index in [-0.39, 0.29) is 6.04 Å². The SMILES string of the molecule is CCn1nc(C)cc1COc1ccc([C@H](C)N)cc1OC. The van der Waals surface area contributed by atoms with Crippen molar-refractivity contribution in [1.29, 1.82) is 0 Å². The van der Waals surface area contributed by atoms with Crippen molar-refractivity contribution in [2.75, 3.05) is 7.11 Å². The minimum absolute atomic E-state index is 0.0304. The van der Waals surface area contributed by atoms with Gasteiger partial charge in [-0.3, -0.25) is 4.68 Å².